The third-order valence-corrected chi connectivity index (χ3v) is 6.88. The molecule has 0 aliphatic carbocycles. The zero-order valence-corrected chi connectivity index (χ0v) is 22.6. The maximum Gasteiger partial charge on any atom is 0.519 e. The minimum absolute atomic E-state index is 0.00112. The predicted octanol–water partition coefficient (Wildman–Crippen LogP) is 9.16. The summed E-state index contributed by atoms with van der Waals surface area (Å²) in [6, 6.07) is 19.1. The lowest BCUT2D eigenvalue weighted by atomic mass is 10.1. The van der Waals surface area contributed by atoms with Gasteiger partial charge in [0.25, 0.3) is 0 Å². The van der Waals surface area contributed by atoms with Crippen molar-refractivity contribution in [2.75, 3.05) is 18.0 Å². The highest BCUT2D eigenvalue weighted by molar-refractivity contribution is 5.90. The molecule has 7 heteroatoms. The van der Waals surface area contributed by atoms with Crippen molar-refractivity contribution in [3.63, 3.8) is 0 Å². The van der Waals surface area contributed by atoms with Gasteiger partial charge in [0.15, 0.2) is 5.58 Å². The number of hydrogen-bond acceptors (Lipinski definition) is 5. The molecule has 5 rings (SSSR count). The van der Waals surface area contributed by atoms with Crippen LogP contribution in [0, 0.1) is 13.1 Å². The molecule has 0 bridgehead atoms. The lowest BCUT2D eigenvalue weighted by Gasteiger charge is -2.24. The van der Waals surface area contributed by atoms with Crippen LogP contribution in [0.15, 0.2) is 75.3 Å². The number of nitrogens with zero attached hydrogens (tertiary/aromatic N) is 4. The van der Waals surface area contributed by atoms with Crippen LogP contribution in [-0.4, -0.2) is 23.2 Å². The fourth-order valence-electron chi connectivity index (χ4n) is 4.68. The van der Waals surface area contributed by atoms with Gasteiger partial charge in [0.2, 0.25) is 5.89 Å². The lowest BCUT2D eigenvalue weighted by molar-refractivity contribution is 0.473. The highest BCUT2D eigenvalue weighted by Gasteiger charge is 2.17. The molecular weight excluding hydrogens is 500 g/mol. The number of phenols is 1. The number of anilines is 1. The van der Waals surface area contributed by atoms with Crippen LogP contribution in [0.5, 0.6) is 5.75 Å². The molecule has 40 heavy (non-hydrogen) atoms. The highest BCUT2D eigenvalue weighted by atomic mass is 16.4. The maximum absolute atomic E-state index is 10.8. The Morgan fingerprint density at radius 1 is 0.900 bits per heavy atom. The number of unbranched alkanes of at least 4 members (excludes halogenated alkanes) is 2. The van der Waals surface area contributed by atoms with Gasteiger partial charge in [0.1, 0.15) is 35.8 Å². The Labute approximate surface area is 233 Å². The van der Waals surface area contributed by atoms with E-state index >= 15 is 0 Å². The van der Waals surface area contributed by atoms with Crippen LogP contribution >= 0.6 is 0 Å². The summed E-state index contributed by atoms with van der Waals surface area (Å²) in [5.41, 5.74) is 4.99. The molecule has 0 radical (unpaired) electrons. The number of hydrogen-bond donors (Lipinski definition) is 1. The van der Waals surface area contributed by atoms with Crippen LogP contribution in [0.3, 0.4) is 0 Å². The minimum Gasteiger partial charge on any atom is -0.507 e. The van der Waals surface area contributed by atoms with E-state index in [1.165, 1.54) is 37.4 Å². The molecule has 0 spiro atoms. The van der Waals surface area contributed by atoms with E-state index in [0.29, 0.717) is 27.8 Å². The molecule has 0 saturated carbocycles. The van der Waals surface area contributed by atoms with Gasteiger partial charge in [-0.2, -0.15) is 9.69 Å². The highest BCUT2D eigenvalue weighted by Crippen LogP contribution is 2.38. The molecule has 7 nitrogen and oxygen atoms in total. The monoisotopic (exact) mass is 530 g/mol. The van der Waals surface area contributed by atoms with Crippen LogP contribution in [0.25, 0.3) is 60.6 Å². The number of fused-ring (bicyclic) bond motifs is 2. The Morgan fingerprint density at radius 2 is 1.62 bits per heavy atom. The number of rotatable bonds is 10. The van der Waals surface area contributed by atoms with Crippen molar-refractivity contribution in [2.45, 2.75) is 39.5 Å². The average molecular weight is 531 g/mol. The standard InChI is InChI=1S/C33H30N4O3/c1-5-7-15-37(16-8-6-2)25-12-10-23(11-13-25)30-20-24-19-26(28(38)21-31(24)39-30)33-36-27-17-22(9-14-29(27)40-33)18-32(34-3)35-4/h9-14,17-21,38H,5-8,15-16H2,1-2H3. The predicted molar refractivity (Wildman–Crippen MR) is 160 cm³/mol. The Morgan fingerprint density at radius 3 is 2.30 bits per heavy atom. The number of aromatic nitrogens is 1. The zero-order valence-electron chi connectivity index (χ0n) is 22.6. The molecule has 0 unspecified atom stereocenters. The fraction of sp³-hybridized carbons (Fsp3) is 0.242. The Kier molecular flexibility index (Phi) is 7.84. The second-order valence-corrected chi connectivity index (χ2v) is 9.73. The summed E-state index contributed by atoms with van der Waals surface area (Å²) in [5.74, 6) is 0.969. The van der Waals surface area contributed by atoms with Crippen LogP contribution in [-0.2, 0) is 0 Å². The molecule has 200 valence electrons. The van der Waals surface area contributed by atoms with Crippen molar-refractivity contribution >= 4 is 33.8 Å². The smallest absolute Gasteiger partial charge is 0.507 e. The largest absolute Gasteiger partial charge is 0.519 e. The van der Waals surface area contributed by atoms with Crippen LogP contribution < -0.4 is 4.90 Å². The van der Waals surface area contributed by atoms with E-state index in [2.05, 4.69) is 57.7 Å². The Bertz CT molecular complexity index is 1740. The Balaban J connectivity index is 1.43. The summed E-state index contributed by atoms with van der Waals surface area (Å²) in [5, 5.41) is 11.6. The molecule has 3 aromatic carbocycles. The Hall–Kier alpha value is -5.01. The van der Waals surface area contributed by atoms with E-state index in [9.17, 15) is 5.11 Å². The SMILES string of the molecule is [C-]#[N+]C(=Cc1ccc2oc(-c3cc4cc(-c5ccc(N(CCCC)CCCC)cc5)oc4cc3O)nc2c1)[N+]#[C-]. The molecule has 0 atom stereocenters. The van der Waals surface area contributed by atoms with Crippen molar-refractivity contribution in [3.05, 3.63) is 94.9 Å². The summed E-state index contributed by atoms with van der Waals surface area (Å²) in [4.78, 5) is 13.4. The lowest BCUT2D eigenvalue weighted by Crippen LogP contribution is -2.25. The van der Waals surface area contributed by atoms with Gasteiger partial charge in [0, 0.05) is 41.9 Å². The van der Waals surface area contributed by atoms with Gasteiger partial charge in [-0.15, -0.1) is 0 Å². The average Bonchev–Trinajstić information content (AvgIpc) is 3.59. The van der Waals surface area contributed by atoms with Gasteiger partial charge in [0.05, 0.1) is 5.56 Å². The molecule has 0 aliphatic rings. The van der Waals surface area contributed by atoms with E-state index in [1.54, 1.807) is 24.3 Å². The van der Waals surface area contributed by atoms with Gasteiger partial charge in [-0.1, -0.05) is 32.8 Å². The summed E-state index contributed by atoms with van der Waals surface area (Å²) in [6.07, 6.45) is 6.19. The number of aromatic hydroxyl groups is 1. The number of furan rings is 1. The summed E-state index contributed by atoms with van der Waals surface area (Å²) < 4.78 is 12.0. The molecule has 2 heterocycles. The number of phenolic OH excluding ortho intramolecular Hbond substituents is 1. The quantitative estimate of drug-likeness (QED) is 0.182. The van der Waals surface area contributed by atoms with E-state index in [-0.39, 0.29) is 17.5 Å². The van der Waals surface area contributed by atoms with E-state index < -0.39 is 0 Å². The normalized spacial score (nSPS) is 10.9. The van der Waals surface area contributed by atoms with Gasteiger partial charge in [-0.05, 0) is 66.9 Å². The molecule has 1 N–H and O–H groups in total. The van der Waals surface area contributed by atoms with Crippen molar-refractivity contribution in [3.8, 4) is 28.5 Å². The molecule has 2 aromatic heterocycles. The van der Waals surface area contributed by atoms with Gasteiger partial charge in [-0.25, -0.2) is 4.98 Å². The molecule has 0 aliphatic heterocycles. The zero-order chi connectivity index (χ0) is 28.1. The molecule has 0 saturated heterocycles. The van der Waals surface area contributed by atoms with Crippen molar-refractivity contribution in [1.29, 1.82) is 0 Å². The summed E-state index contributed by atoms with van der Waals surface area (Å²) in [7, 11) is 0. The van der Waals surface area contributed by atoms with E-state index in [4.69, 9.17) is 22.0 Å². The topological polar surface area (TPSA) is 71.4 Å². The molecule has 0 amide bonds. The number of benzene rings is 3. The van der Waals surface area contributed by atoms with E-state index in [1.807, 2.05) is 12.1 Å². The van der Waals surface area contributed by atoms with Crippen LogP contribution in [0.1, 0.15) is 45.1 Å². The first kappa shape index (κ1) is 26.6. The van der Waals surface area contributed by atoms with Crippen molar-refractivity contribution in [1.82, 2.24) is 4.98 Å². The third-order valence-electron chi connectivity index (χ3n) is 6.88. The van der Waals surface area contributed by atoms with Gasteiger partial charge >= 0.3 is 5.82 Å². The molecule has 0 fully saturated rings. The van der Waals surface area contributed by atoms with Gasteiger partial charge in [-0.3, -0.25) is 0 Å². The van der Waals surface area contributed by atoms with Crippen LogP contribution in [0.4, 0.5) is 5.69 Å². The summed E-state index contributed by atoms with van der Waals surface area (Å²) in [6.45, 7) is 20.7. The van der Waals surface area contributed by atoms with Crippen molar-refractivity contribution in [2.24, 2.45) is 0 Å². The fourth-order valence-corrected chi connectivity index (χ4v) is 4.68. The van der Waals surface area contributed by atoms with Gasteiger partial charge < -0.3 is 18.8 Å². The number of oxazole rings is 1. The van der Waals surface area contributed by atoms with Crippen molar-refractivity contribution < 1.29 is 13.9 Å². The third kappa shape index (κ3) is 5.55. The first-order chi connectivity index (χ1) is 19.5. The van der Waals surface area contributed by atoms with E-state index in [0.717, 1.165) is 29.8 Å². The van der Waals surface area contributed by atoms with Crippen LogP contribution in [0.2, 0.25) is 0 Å². The second-order valence-electron chi connectivity index (χ2n) is 9.73. The first-order valence-corrected chi connectivity index (χ1v) is 13.5. The summed E-state index contributed by atoms with van der Waals surface area (Å²) >= 11 is 0. The maximum atomic E-state index is 10.8. The molecular formula is C33H30N4O3. The first-order valence-electron chi connectivity index (χ1n) is 13.5. The second kappa shape index (κ2) is 11.8. The molecule has 5 aromatic rings. The minimum atomic E-state index is -0.0260.